The van der Waals surface area contributed by atoms with Crippen molar-refractivity contribution >= 4 is 24.2 Å². The minimum Gasteiger partial charge on any atom is -0.444 e. The SMILES string of the molecule is C[C@@H](C(=O)NC(=O)OC(C)(C)C)N(C(=O)OC(C)(C)C)C(=O)OC(C)(C)C. The Morgan fingerprint density at radius 3 is 1.33 bits per heavy atom. The molecule has 0 rings (SSSR count). The lowest BCUT2D eigenvalue weighted by Crippen LogP contribution is -2.54. The van der Waals surface area contributed by atoms with Gasteiger partial charge in [-0.25, -0.2) is 14.4 Å². The molecule has 0 aliphatic rings. The normalized spacial score (nSPS) is 13.3. The number of nitrogens with one attached hydrogen (secondary N) is 1. The maximum absolute atomic E-state index is 12.5. The Morgan fingerprint density at radius 1 is 0.704 bits per heavy atom. The van der Waals surface area contributed by atoms with Gasteiger partial charge < -0.3 is 14.2 Å². The lowest BCUT2D eigenvalue weighted by molar-refractivity contribution is -0.125. The molecule has 0 aromatic carbocycles. The average molecular weight is 388 g/mol. The van der Waals surface area contributed by atoms with Gasteiger partial charge in [-0.2, -0.15) is 4.90 Å². The zero-order chi connectivity index (χ0) is 21.8. The van der Waals surface area contributed by atoms with Gasteiger partial charge in [0.2, 0.25) is 0 Å². The first-order chi connectivity index (χ1) is 11.8. The Morgan fingerprint density at radius 2 is 1.04 bits per heavy atom. The third kappa shape index (κ3) is 10.4. The van der Waals surface area contributed by atoms with Crippen molar-refractivity contribution in [2.75, 3.05) is 0 Å². The molecule has 0 fully saturated rings. The molecule has 4 amide bonds. The Kier molecular flexibility index (Phi) is 7.84. The highest BCUT2D eigenvalue weighted by Crippen LogP contribution is 2.17. The highest BCUT2D eigenvalue weighted by atomic mass is 16.6. The molecular formula is C18H32N2O7. The molecule has 0 saturated heterocycles. The van der Waals surface area contributed by atoms with Crippen LogP contribution in [0.4, 0.5) is 14.4 Å². The molecule has 9 heteroatoms. The summed E-state index contributed by atoms with van der Waals surface area (Å²) in [4.78, 5) is 49.6. The monoisotopic (exact) mass is 388 g/mol. The van der Waals surface area contributed by atoms with E-state index in [2.05, 4.69) is 0 Å². The minimum atomic E-state index is -1.37. The number of imide groups is 2. The Bertz CT molecular complexity index is 552. The second kappa shape index (κ2) is 8.58. The van der Waals surface area contributed by atoms with Crippen molar-refractivity contribution in [3.05, 3.63) is 0 Å². The van der Waals surface area contributed by atoms with Crippen LogP contribution in [0.2, 0.25) is 0 Å². The number of carbonyl (C=O) groups excluding carboxylic acids is 4. The number of carbonyl (C=O) groups is 4. The van der Waals surface area contributed by atoms with Crippen molar-refractivity contribution in [3.63, 3.8) is 0 Å². The zero-order valence-electron chi connectivity index (χ0n) is 17.9. The number of nitrogens with zero attached hydrogens (tertiary/aromatic N) is 1. The predicted molar refractivity (Wildman–Crippen MR) is 98.1 cm³/mol. The van der Waals surface area contributed by atoms with Gasteiger partial charge in [-0.3, -0.25) is 10.1 Å². The first-order valence-electron chi connectivity index (χ1n) is 8.61. The Labute approximate surface area is 160 Å². The molecular weight excluding hydrogens is 356 g/mol. The maximum atomic E-state index is 12.5. The van der Waals surface area contributed by atoms with Gasteiger partial charge in [-0.1, -0.05) is 0 Å². The van der Waals surface area contributed by atoms with Gasteiger partial charge in [0.1, 0.15) is 22.8 Å². The zero-order valence-corrected chi connectivity index (χ0v) is 17.9. The highest BCUT2D eigenvalue weighted by molar-refractivity contribution is 6.00. The number of hydrogen-bond donors (Lipinski definition) is 1. The fraction of sp³-hybridized carbons (Fsp3) is 0.778. The standard InChI is InChI=1S/C18H32N2O7/c1-11(12(21)19-13(22)25-16(2,3)4)20(14(23)26-17(5,6)7)15(24)27-18(8,9)10/h11H,1-10H3,(H,19,21,22)/t11-/m0/s1. The van der Waals surface area contributed by atoms with Crippen LogP contribution in [0.25, 0.3) is 0 Å². The van der Waals surface area contributed by atoms with Gasteiger partial charge in [0.25, 0.3) is 5.91 Å². The summed E-state index contributed by atoms with van der Waals surface area (Å²) in [5.74, 6) is -0.916. The number of amides is 4. The van der Waals surface area contributed by atoms with E-state index in [1.807, 2.05) is 5.32 Å². The van der Waals surface area contributed by atoms with E-state index in [4.69, 9.17) is 14.2 Å². The molecule has 0 unspecified atom stereocenters. The van der Waals surface area contributed by atoms with Crippen LogP contribution in [0.1, 0.15) is 69.2 Å². The van der Waals surface area contributed by atoms with E-state index in [-0.39, 0.29) is 0 Å². The van der Waals surface area contributed by atoms with E-state index >= 15 is 0 Å². The molecule has 0 bridgehead atoms. The topological polar surface area (TPSA) is 111 Å². The lowest BCUT2D eigenvalue weighted by Gasteiger charge is -2.31. The summed E-state index contributed by atoms with van der Waals surface area (Å²) in [6.07, 6.45) is -3.13. The maximum Gasteiger partial charge on any atom is 0.420 e. The average Bonchev–Trinajstić information content (AvgIpc) is 2.31. The fourth-order valence-electron chi connectivity index (χ4n) is 1.64. The summed E-state index contributed by atoms with van der Waals surface area (Å²) in [6, 6.07) is -1.37. The summed E-state index contributed by atoms with van der Waals surface area (Å²) in [5.41, 5.74) is -2.62. The molecule has 0 aromatic rings. The largest absolute Gasteiger partial charge is 0.444 e. The van der Waals surface area contributed by atoms with Crippen molar-refractivity contribution in [1.29, 1.82) is 0 Å². The molecule has 0 aromatic heterocycles. The van der Waals surface area contributed by atoms with E-state index in [1.165, 1.54) is 6.92 Å². The fourth-order valence-corrected chi connectivity index (χ4v) is 1.64. The third-order valence-corrected chi connectivity index (χ3v) is 2.57. The summed E-state index contributed by atoms with van der Waals surface area (Å²) < 4.78 is 15.4. The number of rotatable bonds is 2. The molecule has 0 aliphatic heterocycles. The van der Waals surface area contributed by atoms with E-state index in [0.29, 0.717) is 4.90 Å². The van der Waals surface area contributed by atoms with Crippen LogP contribution in [0.15, 0.2) is 0 Å². The number of ether oxygens (including phenoxy) is 3. The summed E-state index contributed by atoms with van der Waals surface area (Å²) in [7, 11) is 0. The van der Waals surface area contributed by atoms with Crippen LogP contribution in [-0.2, 0) is 19.0 Å². The Balaban J connectivity index is 5.46. The molecule has 0 heterocycles. The quantitative estimate of drug-likeness (QED) is 0.719. The second-order valence-corrected chi connectivity index (χ2v) is 9.00. The Hall–Kier alpha value is -2.32. The predicted octanol–water partition coefficient (Wildman–Crippen LogP) is 3.60. The van der Waals surface area contributed by atoms with Gasteiger partial charge in [-0.15, -0.1) is 0 Å². The number of alkyl carbamates (subject to hydrolysis) is 1. The van der Waals surface area contributed by atoms with Crippen molar-refractivity contribution < 1.29 is 33.4 Å². The summed E-state index contributed by atoms with van der Waals surface area (Å²) >= 11 is 0. The van der Waals surface area contributed by atoms with E-state index < -0.39 is 47.0 Å². The molecule has 0 aliphatic carbocycles. The van der Waals surface area contributed by atoms with Crippen LogP contribution in [0.3, 0.4) is 0 Å². The van der Waals surface area contributed by atoms with Gasteiger partial charge in [0.05, 0.1) is 0 Å². The molecule has 9 nitrogen and oxygen atoms in total. The van der Waals surface area contributed by atoms with Gasteiger partial charge in [-0.05, 0) is 69.2 Å². The molecule has 1 N–H and O–H groups in total. The van der Waals surface area contributed by atoms with Gasteiger partial charge in [0.15, 0.2) is 0 Å². The van der Waals surface area contributed by atoms with E-state index in [9.17, 15) is 19.2 Å². The first-order valence-corrected chi connectivity index (χ1v) is 8.61. The van der Waals surface area contributed by atoms with Crippen molar-refractivity contribution in [1.82, 2.24) is 10.2 Å². The lowest BCUT2D eigenvalue weighted by atomic mass is 10.2. The van der Waals surface area contributed by atoms with Crippen molar-refractivity contribution in [2.24, 2.45) is 0 Å². The van der Waals surface area contributed by atoms with E-state index in [1.54, 1.807) is 62.3 Å². The van der Waals surface area contributed by atoms with Crippen LogP contribution in [0.5, 0.6) is 0 Å². The van der Waals surface area contributed by atoms with Crippen LogP contribution in [-0.4, -0.2) is 51.9 Å². The molecule has 0 radical (unpaired) electrons. The smallest absolute Gasteiger partial charge is 0.420 e. The molecule has 156 valence electrons. The highest BCUT2D eigenvalue weighted by Gasteiger charge is 2.38. The van der Waals surface area contributed by atoms with Gasteiger partial charge in [0, 0.05) is 0 Å². The van der Waals surface area contributed by atoms with Crippen molar-refractivity contribution in [2.45, 2.75) is 92.1 Å². The molecule has 0 saturated carbocycles. The molecule has 0 spiro atoms. The molecule has 1 atom stereocenters. The first kappa shape index (κ1) is 24.7. The number of hydrogen-bond acceptors (Lipinski definition) is 7. The summed E-state index contributed by atoms with van der Waals surface area (Å²) in [6.45, 7) is 15.9. The summed E-state index contributed by atoms with van der Waals surface area (Å²) in [5, 5.41) is 1.99. The van der Waals surface area contributed by atoms with Gasteiger partial charge >= 0.3 is 18.3 Å². The van der Waals surface area contributed by atoms with Crippen molar-refractivity contribution in [3.8, 4) is 0 Å². The van der Waals surface area contributed by atoms with E-state index in [0.717, 1.165) is 0 Å². The van der Waals surface area contributed by atoms with Crippen LogP contribution in [0, 0.1) is 0 Å². The second-order valence-electron chi connectivity index (χ2n) is 9.00. The molecule has 27 heavy (non-hydrogen) atoms. The van der Waals surface area contributed by atoms with Crippen LogP contribution < -0.4 is 5.32 Å². The third-order valence-electron chi connectivity index (χ3n) is 2.57. The minimum absolute atomic E-state index is 0.524. The van der Waals surface area contributed by atoms with Crippen LogP contribution >= 0.6 is 0 Å².